The number of ketones is 1. The Morgan fingerprint density at radius 1 is 1.25 bits per heavy atom. The Labute approximate surface area is 186 Å². The number of hydrogen-bond acceptors (Lipinski definition) is 4. The maximum absolute atomic E-state index is 13.3. The first-order valence-corrected chi connectivity index (χ1v) is 11.2. The molecular formula is C24H29F2N3O3. The fourth-order valence-corrected chi connectivity index (χ4v) is 4.83. The Bertz CT molecular complexity index is 981. The van der Waals surface area contributed by atoms with Crippen LogP contribution >= 0.6 is 0 Å². The summed E-state index contributed by atoms with van der Waals surface area (Å²) in [5.41, 5.74) is 1.27. The number of nitrogens with one attached hydrogen (secondary N) is 2. The summed E-state index contributed by atoms with van der Waals surface area (Å²) in [5.74, 6) is -5.34. The second kappa shape index (κ2) is 8.05. The average Bonchev–Trinajstić information content (AvgIpc) is 3.41. The van der Waals surface area contributed by atoms with Crippen LogP contribution in [-0.2, 0) is 16.1 Å². The summed E-state index contributed by atoms with van der Waals surface area (Å²) in [5, 5.41) is 9.86. The fraction of sp³-hybridized carbons (Fsp3) is 0.583. The van der Waals surface area contributed by atoms with Crippen molar-refractivity contribution in [1.29, 1.82) is 5.41 Å². The number of nitrogens with zero attached hydrogens (tertiary/aromatic N) is 1. The lowest BCUT2D eigenvalue weighted by Gasteiger charge is -2.38. The molecule has 1 heterocycles. The minimum Gasteiger partial charge on any atom is -0.331 e. The van der Waals surface area contributed by atoms with Crippen LogP contribution in [0.25, 0.3) is 0 Å². The normalized spacial score (nSPS) is 24.1. The smallest absolute Gasteiger partial charge is 0.322 e. The molecule has 6 nitrogen and oxygen atoms in total. The predicted molar refractivity (Wildman–Crippen MR) is 115 cm³/mol. The molecule has 0 radical (unpaired) electrons. The Balaban J connectivity index is 1.49. The molecule has 2 fully saturated rings. The Morgan fingerprint density at radius 3 is 2.59 bits per heavy atom. The minimum absolute atomic E-state index is 0.00339. The van der Waals surface area contributed by atoms with E-state index in [4.69, 9.17) is 5.41 Å². The SMILES string of the molecule is CC(F)(F)C(=O)NC(=N)c1ccc2c(c1)C(=O)N([C@@H]1CCCCC1CC(=O)C1(C)CC1)C2. The van der Waals surface area contributed by atoms with Gasteiger partial charge in [-0.1, -0.05) is 31.9 Å². The maximum atomic E-state index is 13.3. The molecule has 2 saturated carbocycles. The van der Waals surface area contributed by atoms with Crippen molar-refractivity contribution in [3.8, 4) is 0 Å². The number of carbonyl (C=O) groups is 3. The summed E-state index contributed by atoms with van der Waals surface area (Å²) < 4.78 is 26.3. The van der Waals surface area contributed by atoms with E-state index in [0.29, 0.717) is 31.2 Å². The fourth-order valence-electron chi connectivity index (χ4n) is 4.83. The highest BCUT2D eigenvalue weighted by Crippen LogP contribution is 2.48. The van der Waals surface area contributed by atoms with Gasteiger partial charge in [-0.05, 0) is 43.2 Å². The zero-order valence-electron chi connectivity index (χ0n) is 18.5. The third-order valence-corrected chi connectivity index (χ3v) is 7.26. The number of fused-ring (bicyclic) bond motifs is 1. The van der Waals surface area contributed by atoms with Gasteiger partial charge in [-0.3, -0.25) is 19.8 Å². The van der Waals surface area contributed by atoms with Crippen LogP contribution in [0.4, 0.5) is 8.78 Å². The first-order valence-electron chi connectivity index (χ1n) is 11.2. The molecule has 2 aliphatic carbocycles. The predicted octanol–water partition coefficient (Wildman–Crippen LogP) is 4.06. The van der Waals surface area contributed by atoms with E-state index < -0.39 is 17.7 Å². The molecule has 0 bridgehead atoms. The third kappa shape index (κ3) is 4.32. The standard InChI is InChI=1S/C24H29F2N3O3/c1-23(9-10-23)19(30)12-14-5-3-4-6-18(14)29-13-16-8-7-15(11-17(16)21(29)31)20(27)28-22(32)24(2,25)26/h7-8,11,14,18H,3-6,9-10,12-13H2,1-2H3,(H2,27,28,32)/t14?,18-/m1/s1. The highest BCUT2D eigenvalue weighted by molar-refractivity contribution is 6.09. The number of rotatable bonds is 6. The van der Waals surface area contributed by atoms with Crippen LogP contribution in [0.2, 0.25) is 0 Å². The van der Waals surface area contributed by atoms with Gasteiger partial charge in [-0.25, -0.2) is 0 Å². The Hall–Kier alpha value is -2.64. The van der Waals surface area contributed by atoms with Gasteiger partial charge in [0.05, 0.1) is 0 Å². The largest absolute Gasteiger partial charge is 0.331 e. The zero-order valence-corrected chi connectivity index (χ0v) is 18.5. The van der Waals surface area contributed by atoms with Crippen LogP contribution in [-0.4, -0.2) is 40.3 Å². The molecular weight excluding hydrogens is 416 g/mol. The van der Waals surface area contributed by atoms with Gasteiger partial charge in [-0.2, -0.15) is 8.78 Å². The minimum atomic E-state index is -3.60. The van der Waals surface area contributed by atoms with E-state index >= 15 is 0 Å². The van der Waals surface area contributed by atoms with Crippen molar-refractivity contribution in [3.63, 3.8) is 0 Å². The van der Waals surface area contributed by atoms with E-state index in [1.165, 1.54) is 6.07 Å². The molecule has 2 amide bonds. The van der Waals surface area contributed by atoms with Crippen LogP contribution in [0.15, 0.2) is 18.2 Å². The lowest BCUT2D eigenvalue weighted by atomic mass is 9.78. The molecule has 1 aromatic carbocycles. The summed E-state index contributed by atoms with van der Waals surface area (Å²) in [6.07, 6.45) is 6.27. The second-order valence-electron chi connectivity index (χ2n) is 9.82. The van der Waals surface area contributed by atoms with Gasteiger partial charge < -0.3 is 10.2 Å². The summed E-state index contributed by atoms with van der Waals surface area (Å²) >= 11 is 0. The summed E-state index contributed by atoms with van der Waals surface area (Å²) in [6.45, 7) is 2.93. The number of benzene rings is 1. The van der Waals surface area contributed by atoms with Crippen molar-refractivity contribution in [2.24, 2.45) is 11.3 Å². The van der Waals surface area contributed by atoms with E-state index in [9.17, 15) is 23.2 Å². The van der Waals surface area contributed by atoms with Gasteiger partial charge >= 0.3 is 5.92 Å². The molecule has 8 heteroatoms. The van der Waals surface area contributed by atoms with Gasteiger partial charge in [0.25, 0.3) is 11.8 Å². The maximum Gasteiger partial charge on any atom is 0.322 e. The molecule has 1 unspecified atom stereocenters. The summed E-state index contributed by atoms with van der Waals surface area (Å²) in [7, 11) is 0. The van der Waals surface area contributed by atoms with Crippen LogP contribution < -0.4 is 5.32 Å². The molecule has 3 aliphatic rings. The number of hydrogen-bond donors (Lipinski definition) is 2. The van der Waals surface area contributed by atoms with Crippen molar-refractivity contribution in [3.05, 3.63) is 34.9 Å². The molecule has 0 aromatic heterocycles. The molecule has 1 aliphatic heterocycles. The van der Waals surface area contributed by atoms with Gasteiger partial charge in [0.15, 0.2) is 0 Å². The average molecular weight is 446 g/mol. The molecule has 0 spiro atoms. The third-order valence-electron chi connectivity index (χ3n) is 7.26. The number of Topliss-reactive ketones (excluding diaryl/α,β-unsaturated/α-hetero) is 1. The van der Waals surface area contributed by atoms with Crippen LogP contribution in [0.5, 0.6) is 0 Å². The Morgan fingerprint density at radius 2 is 1.94 bits per heavy atom. The van der Waals surface area contributed by atoms with Gasteiger partial charge in [-0.15, -0.1) is 0 Å². The van der Waals surface area contributed by atoms with E-state index in [1.807, 2.05) is 17.1 Å². The van der Waals surface area contributed by atoms with Crippen molar-refractivity contribution in [2.45, 2.75) is 77.3 Å². The van der Waals surface area contributed by atoms with Crippen molar-refractivity contribution >= 4 is 23.4 Å². The number of amidine groups is 1. The van der Waals surface area contributed by atoms with Crippen molar-refractivity contribution < 1.29 is 23.2 Å². The summed E-state index contributed by atoms with van der Waals surface area (Å²) in [6, 6.07) is 4.75. The number of carbonyl (C=O) groups excluding carboxylic acids is 3. The Kier molecular flexibility index (Phi) is 5.67. The van der Waals surface area contributed by atoms with Gasteiger partial charge in [0, 0.05) is 42.5 Å². The van der Waals surface area contributed by atoms with Gasteiger partial charge in [0.2, 0.25) is 0 Å². The van der Waals surface area contributed by atoms with Crippen LogP contribution in [0.3, 0.4) is 0 Å². The zero-order chi connectivity index (χ0) is 23.3. The van der Waals surface area contributed by atoms with E-state index in [1.54, 1.807) is 12.1 Å². The molecule has 172 valence electrons. The topological polar surface area (TPSA) is 90.3 Å². The highest BCUT2D eigenvalue weighted by Gasteiger charge is 2.46. The lowest BCUT2D eigenvalue weighted by Crippen LogP contribution is -2.43. The quantitative estimate of drug-likeness (QED) is 0.511. The van der Waals surface area contributed by atoms with Crippen molar-refractivity contribution in [1.82, 2.24) is 10.2 Å². The highest BCUT2D eigenvalue weighted by atomic mass is 19.3. The molecule has 2 N–H and O–H groups in total. The van der Waals surface area contributed by atoms with Crippen LogP contribution in [0.1, 0.15) is 80.3 Å². The lowest BCUT2D eigenvalue weighted by molar-refractivity contribution is -0.141. The molecule has 2 atom stereocenters. The monoisotopic (exact) mass is 445 g/mol. The first-order chi connectivity index (χ1) is 15.0. The second-order valence-corrected chi connectivity index (χ2v) is 9.82. The molecule has 1 aromatic rings. The van der Waals surface area contributed by atoms with Gasteiger partial charge in [0.1, 0.15) is 11.6 Å². The first kappa shape index (κ1) is 22.6. The van der Waals surface area contributed by atoms with E-state index in [0.717, 1.165) is 44.1 Å². The van der Waals surface area contributed by atoms with Crippen molar-refractivity contribution in [2.75, 3.05) is 0 Å². The molecule has 0 saturated heterocycles. The number of alkyl halides is 2. The number of halogens is 2. The van der Waals surface area contributed by atoms with E-state index in [2.05, 4.69) is 0 Å². The van der Waals surface area contributed by atoms with E-state index in [-0.39, 0.29) is 28.8 Å². The van der Waals surface area contributed by atoms with Crippen LogP contribution in [0, 0.1) is 16.7 Å². The summed E-state index contributed by atoms with van der Waals surface area (Å²) in [4.78, 5) is 39.3. The molecule has 32 heavy (non-hydrogen) atoms. The number of amides is 2. The molecule has 4 rings (SSSR count).